The lowest BCUT2D eigenvalue weighted by molar-refractivity contribution is -0.384. The molecule has 0 bridgehead atoms. The van der Waals surface area contributed by atoms with E-state index in [9.17, 15) is 10.1 Å². The molecule has 3 rings (SSSR count). The van der Waals surface area contributed by atoms with Crippen LogP contribution in [0.5, 0.6) is 0 Å². The van der Waals surface area contributed by atoms with Crippen LogP contribution in [-0.2, 0) is 0 Å². The van der Waals surface area contributed by atoms with Crippen LogP contribution in [0.4, 0.5) is 17.3 Å². The Kier molecular flexibility index (Phi) is 4.31. The fourth-order valence-electron chi connectivity index (χ4n) is 2.73. The van der Waals surface area contributed by atoms with Crippen LogP contribution in [0.25, 0.3) is 0 Å². The smallest absolute Gasteiger partial charge is 0.311 e. The first kappa shape index (κ1) is 15.1. The highest BCUT2D eigenvalue weighted by molar-refractivity contribution is 5.58. The highest BCUT2D eigenvalue weighted by Gasteiger charge is 2.24. The molecule has 0 aromatic carbocycles. The third-order valence-electron chi connectivity index (χ3n) is 3.87. The molecule has 0 radical (unpaired) electrons. The third-order valence-corrected chi connectivity index (χ3v) is 3.87. The number of nitrogens with zero attached hydrogens (tertiary/aromatic N) is 6. The van der Waals surface area contributed by atoms with Crippen LogP contribution < -0.4 is 9.80 Å². The molecule has 8 nitrogen and oxygen atoms in total. The van der Waals surface area contributed by atoms with Crippen LogP contribution in [0, 0.1) is 17.0 Å². The van der Waals surface area contributed by atoms with Crippen molar-refractivity contribution in [1.29, 1.82) is 0 Å². The van der Waals surface area contributed by atoms with Gasteiger partial charge in [-0.05, 0) is 31.5 Å². The van der Waals surface area contributed by atoms with Gasteiger partial charge in [-0.25, -0.2) is 4.98 Å². The zero-order valence-electron chi connectivity index (χ0n) is 12.9. The molecule has 2 aromatic rings. The van der Waals surface area contributed by atoms with Crippen molar-refractivity contribution in [3.8, 4) is 0 Å². The van der Waals surface area contributed by atoms with E-state index in [2.05, 4.69) is 20.1 Å². The van der Waals surface area contributed by atoms with Crippen molar-refractivity contribution < 1.29 is 4.92 Å². The van der Waals surface area contributed by atoms with E-state index in [4.69, 9.17) is 0 Å². The normalized spacial score (nSPS) is 15.3. The minimum Gasteiger partial charge on any atom is -0.353 e. The summed E-state index contributed by atoms with van der Waals surface area (Å²) in [7, 11) is 0. The fourth-order valence-corrected chi connectivity index (χ4v) is 2.73. The highest BCUT2D eigenvalue weighted by atomic mass is 16.6. The van der Waals surface area contributed by atoms with Crippen molar-refractivity contribution in [2.24, 2.45) is 0 Å². The summed E-state index contributed by atoms with van der Waals surface area (Å²) < 4.78 is 0. The van der Waals surface area contributed by atoms with E-state index >= 15 is 0 Å². The molecule has 0 aliphatic carbocycles. The molecule has 0 saturated carbocycles. The fraction of sp³-hybridized carbons (Fsp3) is 0.400. The number of pyridine rings is 1. The molecule has 2 aromatic heterocycles. The summed E-state index contributed by atoms with van der Waals surface area (Å²) in [6.07, 6.45) is 2.52. The van der Waals surface area contributed by atoms with Gasteiger partial charge < -0.3 is 9.80 Å². The van der Waals surface area contributed by atoms with Crippen molar-refractivity contribution in [2.45, 2.75) is 13.3 Å². The van der Waals surface area contributed by atoms with Crippen LogP contribution >= 0.6 is 0 Å². The number of hydrogen-bond donors (Lipinski definition) is 0. The van der Waals surface area contributed by atoms with Crippen LogP contribution in [0.2, 0.25) is 0 Å². The molecule has 0 N–H and O–H groups in total. The molecule has 0 atom stereocenters. The number of aryl methyl sites for hydroxylation is 1. The maximum absolute atomic E-state index is 11.3. The summed E-state index contributed by atoms with van der Waals surface area (Å²) >= 11 is 0. The number of hydrogen-bond acceptors (Lipinski definition) is 7. The lowest BCUT2D eigenvalue weighted by Crippen LogP contribution is -2.32. The Hall–Kier alpha value is -2.77. The van der Waals surface area contributed by atoms with Gasteiger partial charge >= 0.3 is 5.69 Å². The summed E-state index contributed by atoms with van der Waals surface area (Å²) in [5.41, 5.74) is 0.837. The molecule has 1 aliphatic heterocycles. The molecule has 23 heavy (non-hydrogen) atoms. The first-order valence-corrected chi connectivity index (χ1v) is 7.55. The minimum absolute atomic E-state index is 0.0588. The van der Waals surface area contributed by atoms with Gasteiger partial charge in [0.15, 0.2) is 5.82 Å². The molecule has 0 unspecified atom stereocenters. The molecule has 3 heterocycles. The first-order valence-electron chi connectivity index (χ1n) is 7.55. The second-order valence-corrected chi connectivity index (χ2v) is 5.46. The molecular formula is C15H18N6O2. The summed E-state index contributed by atoms with van der Waals surface area (Å²) in [5.74, 6) is 1.29. The van der Waals surface area contributed by atoms with Crippen LogP contribution in [0.1, 0.15) is 12.1 Å². The average Bonchev–Trinajstić information content (AvgIpc) is 2.81. The Morgan fingerprint density at radius 3 is 2.65 bits per heavy atom. The Balaban J connectivity index is 1.81. The first-order chi connectivity index (χ1) is 11.1. The van der Waals surface area contributed by atoms with Gasteiger partial charge in [0.25, 0.3) is 0 Å². The second kappa shape index (κ2) is 6.55. The summed E-state index contributed by atoms with van der Waals surface area (Å²) in [5, 5.41) is 19.3. The summed E-state index contributed by atoms with van der Waals surface area (Å²) in [6, 6.07) is 6.99. The Morgan fingerprint density at radius 1 is 1.13 bits per heavy atom. The van der Waals surface area contributed by atoms with Gasteiger partial charge in [-0.15, -0.1) is 5.10 Å². The number of rotatable bonds is 3. The Morgan fingerprint density at radius 2 is 1.91 bits per heavy atom. The largest absolute Gasteiger partial charge is 0.353 e. The average molecular weight is 314 g/mol. The van der Waals surface area contributed by atoms with Crippen molar-refractivity contribution in [3.05, 3.63) is 46.3 Å². The van der Waals surface area contributed by atoms with Gasteiger partial charge in [-0.1, -0.05) is 0 Å². The highest BCUT2D eigenvalue weighted by Crippen LogP contribution is 2.27. The lowest BCUT2D eigenvalue weighted by Gasteiger charge is -2.23. The maximum atomic E-state index is 11.3. The van der Waals surface area contributed by atoms with E-state index in [1.54, 1.807) is 12.3 Å². The predicted molar refractivity (Wildman–Crippen MR) is 86.7 cm³/mol. The standard InChI is InChI=1S/C15H18N6O2/c1-12-5-6-13(21(22)23)15(17-12)20-9-3-8-19(10-11-20)14-4-2-7-16-18-14/h2,4-7H,3,8-11H2,1H3. The topological polar surface area (TPSA) is 88.3 Å². The SMILES string of the molecule is Cc1ccc([N+](=O)[O-])c(N2CCCN(c3cccnn3)CC2)n1. The third kappa shape index (κ3) is 3.36. The zero-order valence-corrected chi connectivity index (χ0v) is 12.9. The van der Waals surface area contributed by atoms with Crippen LogP contribution in [-0.4, -0.2) is 46.3 Å². The van der Waals surface area contributed by atoms with Gasteiger partial charge in [0, 0.05) is 44.1 Å². The maximum Gasteiger partial charge on any atom is 0.311 e. The second-order valence-electron chi connectivity index (χ2n) is 5.46. The van der Waals surface area contributed by atoms with Crippen LogP contribution in [0.3, 0.4) is 0 Å². The van der Waals surface area contributed by atoms with Gasteiger partial charge in [0.2, 0.25) is 5.82 Å². The lowest BCUT2D eigenvalue weighted by atomic mass is 10.3. The van der Waals surface area contributed by atoms with Crippen LogP contribution in [0.15, 0.2) is 30.5 Å². The van der Waals surface area contributed by atoms with Crippen molar-refractivity contribution in [1.82, 2.24) is 15.2 Å². The molecule has 1 fully saturated rings. The number of nitro groups is 1. The molecule has 1 aliphatic rings. The zero-order chi connectivity index (χ0) is 16.2. The van der Waals surface area contributed by atoms with E-state index in [1.165, 1.54) is 6.07 Å². The number of anilines is 2. The van der Waals surface area contributed by atoms with Gasteiger partial charge in [-0.3, -0.25) is 10.1 Å². The Bertz CT molecular complexity index is 694. The van der Waals surface area contributed by atoms with E-state index in [-0.39, 0.29) is 10.6 Å². The molecule has 0 amide bonds. The van der Waals surface area contributed by atoms with E-state index in [0.717, 1.165) is 37.6 Å². The van der Waals surface area contributed by atoms with Crippen molar-refractivity contribution >= 4 is 17.3 Å². The van der Waals surface area contributed by atoms with Crippen molar-refractivity contribution in [2.75, 3.05) is 36.0 Å². The van der Waals surface area contributed by atoms with Gasteiger partial charge in [-0.2, -0.15) is 5.10 Å². The van der Waals surface area contributed by atoms with E-state index in [0.29, 0.717) is 12.4 Å². The monoisotopic (exact) mass is 314 g/mol. The summed E-state index contributed by atoms with van der Waals surface area (Å²) in [4.78, 5) is 19.4. The van der Waals surface area contributed by atoms with Gasteiger partial charge in [0.1, 0.15) is 0 Å². The predicted octanol–water partition coefficient (Wildman–Crippen LogP) is 1.80. The van der Waals surface area contributed by atoms with Crippen molar-refractivity contribution in [3.63, 3.8) is 0 Å². The molecule has 1 saturated heterocycles. The Labute approximate surface area is 133 Å². The molecule has 120 valence electrons. The molecule has 0 spiro atoms. The van der Waals surface area contributed by atoms with E-state index in [1.807, 2.05) is 24.0 Å². The molecular weight excluding hydrogens is 296 g/mol. The van der Waals surface area contributed by atoms with Gasteiger partial charge in [0.05, 0.1) is 4.92 Å². The molecule has 8 heteroatoms. The summed E-state index contributed by atoms with van der Waals surface area (Å²) in [6.45, 7) is 4.80. The minimum atomic E-state index is -0.368. The number of aromatic nitrogens is 3. The quantitative estimate of drug-likeness (QED) is 0.630. The van der Waals surface area contributed by atoms with E-state index < -0.39 is 0 Å².